The third-order valence-electron chi connectivity index (χ3n) is 7.52. The van der Waals surface area contributed by atoms with Crippen molar-refractivity contribution in [1.29, 1.82) is 5.26 Å². The van der Waals surface area contributed by atoms with Crippen molar-refractivity contribution >= 4 is 49.8 Å². The maximum absolute atomic E-state index is 15.0. The number of nitrogens with one attached hydrogen (secondary N) is 1. The summed E-state index contributed by atoms with van der Waals surface area (Å²) in [7, 11) is -3.04. The molecule has 0 bridgehead atoms. The van der Waals surface area contributed by atoms with Crippen LogP contribution in [0.4, 0.5) is 10.2 Å². The molecule has 1 aromatic carbocycles. The minimum absolute atomic E-state index is 0.0232. The second-order valence-corrected chi connectivity index (χ2v) is 13.4. The molecule has 9 nitrogen and oxygen atoms in total. The molecule has 1 N–H and O–H groups in total. The number of anilines is 1. The summed E-state index contributed by atoms with van der Waals surface area (Å²) in [6, 6.07) is 6.71. The number of hydrogen-bond acceptors (Lipinski definition) is 8. The van der Waals surface area contributed by atoms with Gasteiger partial charge in [-0.25, -0.2) is 17.8 Å². The highest BCUT2D eigenvalue weighted by molar-refractivity contribution is 7.91. The van der Waals surface area contributed by atoms with Crippen molar-refractivity contribution in [2.75, 3.05) is 29.5 Å². The predicted molar refractivity (Wildman–Crippen MR) is 150 cm³/mol. The average Bonchev–Trinajstić information content (AvgIpc) is 3.28. The molecule has 206 valence electrons. The van der Waals surface area contributed by atoms with E-state index in [1.54, 1.807) is 19.2 Å². The lowest BCUT2D eigenvalue weighted by molar-refractivity contribution is 0.215. The van der Waals surface area contributed by atoms with Gasteiger partial charge in [0.25, 0.3) is 0 Å². The van der Waals surface area contributed by atoms with E-state index in [-0.39, 0.29) is 22.7 Å². The molecule has 0 aliphatic carbocycles. The monoisotopic (exact) mass is 600 g/mol. The molecular weight excluding hydrogens is 578 g/mol. The molecule has 2 fully saturated rings. The molecular formula is C27H23Cl2FN6O3S. The Morgan fingerprint density at radius 1 is 1.20 bits per heavy atom. The van der Waals surface area contributed by atoms with E-state index in [4.69, 9.17) is 27.9 Å². The molecule has 0 amide bonds. The zero-order chi connectivity index (χ0) is 28.2. The summed E-state index contributed by atoms with van der Waals surface area (Å²) in [5.74, 6) is 0.302. The van der Waals surface area contributed by atoms with Gasteiger partial charge in [0.15, 0.2) is 21.4 Å². The van der Waals surface area contributed by atoms with E-state index in [0.717, 1.165) is 6.42 Å². The van der Waals surface area contributed by atoms with Gasteiger partial charge in [-0.1, -0.05) is 23.2 Å². The molecule has 2 aliphatic heterocycles. The Morgan fingerprint density at radius 2 is 1.95 bits per heavy atom. The van der Waals surface area contributed by atoms with Crippen LogP contribution in [0.25, 0.3) is 22.2 Å². The minimum Gasteiger partial charge on any atom is -0.483 e. The first kappa shape index (κ1) is 26.7. The van der Waals surface area contributed by atoms with Crippen LogP contribution in [0.1, 0.15) is 37.0 Å². The van der Waals surface area contributed by atoms with Crippen molar-refractivity contribution in [2.24, 2.45) is 5.41 Å². The maximum atomic E-state index is 15.0. The molecule has 0 radical (unpaired) electrons. The van der Waals surface area contributed by atoms with Crippen LogP contribution in [-0.2, 0) is 9.84 Å². The van der Waals surface area contributed by atoms with Gasteiger partial charge in [0.1, 0.15) is 23.7 Å². The normalized spacial score (nSPS) is 18.3. The number of fused-ring (bicyclic) bond motifs is 1. The molecule has 13 heteroatoms. The number of pyridine rings is 2. The summed E-state index contributed by atoms with van der Waals surface area (Å²) < 4.78 is 45.2. The van der Waals surface area contributed by atoms with E-state index in [9.17, 15) is 18.1 Å². The van der Waals surface area contributed by atoms with Gasteiger partial charge in [-0.3, -0.25) is 10.1 Å². The number of aromatic nitrogens is 4. The zero-order valence-electron chi connectivity index (χ0n) is 21.3. The fourth-order valence-electron chi connectivity index (χ4n) is 5.75. The molecule has 1 spiro atoms. The smallest absolute Gasteiger partial charge is 0.167 e. The Hall–Kier alpha value is -3.46. The first-order valence-corrected chi connectivity index (χ1v) is 15.1. The lowest BCUT2D eigenvalue weighted by Gasteiger charge is -2.52. The van der Waals surface area contributed by atoms with Crippen LogP contribution >= 0.6 is 23.2 Å². The standard InChI is InChI=1S/C27H23Cl2FN6O3S/c1-15(24-19(28)10-32-11-20(24)29)39-23-6-18-22(7-21(23)30)34-35-25(18)17-5-16(8-31)26(33-9-17)36-12-27(13-36)3-2-4-40(37,38)14-27/h5-7,9-11,15H,2-4,12-14H2,1H3,(H,34,35). The van der Waals surface area contributed by atoms with E-state index in [1.165, 1.54) is 24.5 Å². The van der Waals surface area contributed by atoms with E-state index >= 15 is 0 Å². The third-order valence-corrected chi connectivity index (χ3v) is 10.1. The number of H-pyrrole nitrogens is 1. The zero-order valence-corrected chi connectivity index (χ0v) is 23.6. The Bertz CT molecular complexity index is 1780. The van der Waals surface area contributed by atoms with Gasteiger partial charge in [0, 0.05) is 59.7 Å². The summed E-state index contributed by atoms with van der Waals surface area (Å²) in [5.41, 5.74) is 2.04. The average molecular weight is 601 g/mol. The summed E-state index contributed by atoms with van der Waals surface area (Å²) >= 11 is 12.5. The van der Waals surface area contributed by atoms with E-state index in [1.807, 2.05) is 4.90 Å². The molecule has 1 unspecified atom stereocenters. The fourth-order valence-corrected chi connectivity index (χ4v) is 8.41. The van der Waals surface area contributed by atoms with Gasteiger partial charge < -0.3 is 9.64 Å². The Balaban J connectivity index is 1.29. The SMILES string of the molecule is CC(Oc1cc2c(-c3cnc(N4CC5(CCCS(=O)(=O)C5)C4)c(C#N)c3)n[nH]c2cc1F)c1c(Cl)cncc1Cl. The molecule has 0 saturated carbocycles. The van der Waals surface area contributed by atoms with Gasteiger partial charge in [0.05, 0.1) is 32.6 Å². The number of benzene rings is 1. The summed E-state index contributed by atoms with van der Waals surface area (Å²) in [5, 5.41) is 18.3. The summed E-state index contributed by atoms with van der Waals surface area (Å²) in [4.78, 5) is 10.4. The highest BCUT2D eigenvalue weighted by Gasteiger charge is 2.48. The highest BCUT2D eigenvalue weighted by Crippen LogP contribution is 2.43. The van der Waals surface area contributed by atoms with Gasteiger partial charge in [0.2, 0.25) is 0 Å². The third kappa shape index (κ3) is 4.74. The lowest BCUT2D eigenvalue weighted by atomic mass is 9.77. The first-order valence-electron chi connectivity index (χ1n) is 12.6. The number of halogens is 3. The second-order valence-electron chi connectivity index (χ2n) is 10.4. The number of rotatable bonds is 5. The number of sulfone groups is 1. The number of ether oxygens (including phenoxy) is 1. The van der Waals surface area contributed by atoms with Crippen LogP contribution in [-0.4, -0.2) is 53.2 Å². The molecule has 5 heterocycles. The largest absolute Gasteiger partial charge is 0.483 e. The molecule has 2 aliphatic rings. The van der Waals surface area contributed by atoms with Gasteiger partial charge >= 0.3 is 0 Å². The Labute approximate surface area is 239 Å². The van der Waals surface area contributed by atoms with E-state index in [2.05, 4.69) is 26.2 Å². The first-order chi connectivity index (χ1) is 19.1. The van der Waals surface area contributed by atoms with Crippen LogP contribution in [0.2, 0.25) is 10.0 Å². The molecule has 6 rings (SSSR count). The number of hydrogen-bond donors (Lipinski definition) is 1. The second kappa shape index (κ2) is 9.87. The topological polar surface area (TPSA) is 125 Å². The summed E-state index contributed by atoms with van der Waals surface area (Å²) in [6.07, 6.45) is 5.33. The quantitative estimate of drug-likeness (QED) is 0.318. The van der Waals surface area contributed by atoms with Crippen molar-refractivity contribution in [3.05, 3.63) is 63.8 Å². The number of nitrogens with zero attached hydrogens (tertiary/aromatic N) is 5. The highest BCUT2D eigenvalue weighted by atomic mass is 35.5. The number of nitriles is 1. The van der Waals surface area contributed by atoms with E-state index < -0.39 is 21.8 Å². The molecule has 40 heavy (non-hydrogen) atoms. The van der Waals surface area contributed by atoms with Crippen molar-refractivity contribution in [1.82, 2.24) is 20.2 Å². The van der Waals surface area contributed by atoms with E-state index in [0.29, 0.717) is 68.7 Å². The molecule has 1 atom stereocenters. The summed E-state index contributed by atoms with van der Waals surface area (Å²) in [6.45, 7) is 2.79. The number of aromatic amines is 1. The van der Waals surface area contributed by atoms with Gasteiger partial charge in [-0.15, -0.1) is 0 Å². The van der Waals surface area contributed by atoms with Crippen molar-refractivity contribution in [3.63, 3.8) is 0 Å². The van der Waals surface area contributed by atoms with Crippen LogP contribution < -0.4 is 9.64 Å². The maximum Gasteiger partial charge on any atom is 0.167 e. The molecule has 3 aromatic heterocycles. The van der Waals surface area contributed by atoms with Crippen LogP contribution in [0.15, 0.2) is 36.8 Å². The van der Waals surface area contributed by atoms with Crippen LogP contribution in [0.3, 0.4) is 0 Å². The minimum atomic E-state index is -3.04. The van der Waals surface area contributed by atoms with Gasteiger partial charge in [-0.2, -0.15) is 10.4 Å². The van der Waals surface area contributed by atoms with Crippen molar-refractivity contribution < 1.29 is 17.5 Å². The lowest BCUT2D eigenvalue weighted by Crippen LogP contribution is -2.61. The van der Waals surface area contributed by atoms with Crippen LogP contribution in [0, 0.1) is 22.6 Å². The Kier molecular flexibility index (Phi) is 6.60. The Morgan fingerprint density at radius 3 is 2.65 bits per heavy atom. The van der Waals surface area contributed by atoms with Crippen LogP contribution in [0.5, 0.6) is 5.75 Å². The van der Waals surface area contributed by atoms with Gasteiger partial charge in [-0.05, 0) is 31.9 Å². The van der Waals surface area contributed by atoms with Crippen molar-refractivity contribution in [2.45, 2.75) is 25.9 Å². The predicted octanol–water partition coefficient (Wildman–Crippen LogP) is 5.49. The van der Waals surface area contributed by atoms with Crippen molar-refractivity contribution in [3.8, 4) is 23.1 Å². The fraction of sp³-hybridized carbons (Fsp3) is 0.333. The molecule has 4 aromatic rings. The molecule has 2 saturated heterocycles.